The van der Waals surface area contributed by atoms with Gasteiger partial charge in [0.2, 0.25) is 0 Å². The number of carbonyl (C=O) groups is 1. The number of hydrogen-bond donors (Lipinski definition) is 0. The van der Waals surface area contributed by atoms with Crippen molar-refractivity contribution < 1.29 is 9.18 Å². The first-order valence-corrected chi connectivity index (χ1v) is 12.2. The summed E-state index contributed by atoms with van der Waals surface area (Å²) in [6, 6.07) is 10.2. The van der Waals surface area contributed by atoms with E-state index in [1.54, 1.807) is 46.7 Å². The molecule has 4 aromatic rings. The Labute approximate surface area is 193 Å². The minimum absolute atomic E-state index is 0.0894. The Balaban J connectivity index is 1.34. The molecule has 168 valence electrons. The summed E-state index contributed by atoms with van der Waals surface area (Å²) in [6.07, 6.45) is 5.85. The van der Waals surface area contributed by atoms with Crippen LogP contribution in [-0.2, 0) is 12.8 Å². The van der Waals surface area contributed by atoms with Crippen LogP contribution in [0.3, 0.4) is 0 Å². The van der Waals surface area contributed by atoms with Gasteiger partial charge >= 0.3 is 0 Å². The highest BCUT2D eigenvalue weighted by atomic mass is 32.1. The van der Waals surface area contributed by atoms with Crippen LogP contribution in [0.2, 0.25) is 0 Å². The number of amides is 1. The van der Waals surface area contributed by atoms with Gasteiger partial charge in [-0.2, -0.15) is 0 Å². The van der Waals surface area contributed by atoms with Crippen LogP contribution >= 0.6 is 11.3 Å². The molecule has 6 nitrogen and oxygen atoms in total. The zero-order chi connectivity index (χ0) is 22.5. The van der Waals surface area contributed by atoms with E-state index in [1.807, 2.05) is 11.0 Å². The minimum Gasteiger partial charge on any atom is -0.366 e. The third-order valence-corrected chi connectivity index (χ3v) is 7.94. The zero-order valence-electron chi connectivity index (χ0n) is 18.1. The lowest BCUT2D eigenvalue weighted by Crippen LogP contribution is -2.49. The summed E-state index contributed by atoms with van der Waals surface area (Å²) in [6.45, 7) is 2.06. The third kappa shape index (κ3) is 3.31. The number of aromatic nitrogens is 2. The molecule has 8 heteroatoms. The number of benzene rings is 1. The Morgan fingerprint density at radius 3 is 2.61 bits per heavy atom. The quantitative estimate of drug-likeness (QED) is 0.454. The van der Waals surface area contributed by atoms with Crippen LogP contribution in [0.1, 0.15) is 33.6 Å². The Bertz CT molecular complexity index is 1450. The summed E-state index contributed by atoms with van der Waals surface area (Å²) in [5.74, 6) is -0.397. The highest BCUT2D eigenvalue weighted by Crippen LogP contribution is 2.34. The molecule has 4 heterocycles. The van der Waals surface area contributed by atoms with E-state index in [9.17, 15) is 14.0 Å². The van der Waals surface area contributed by atoms with Gasteiger partial charge in [-0.25, -0.2) is 9.37 Å². The number of anilines is 1. The van der Waals surface area contributed by atoms with Crippen molar-refractivity contribution in [2.45, 2.75) is 25.7 Å². The lowest BCUT2D eigenvalue weighted by atomic mass is 9.97. The molecule has 0 unspecified atom stereocenters. The first-order valence-electron chi connectivity index (χ1n) is 11.4. The average molecular weight is 463 g/mol. The molecular weight excluding hydrogens is 439 g/mol. The van der Waals surface area contributed by atoms with Gasteiger partial charge in [0.1, 0.15) is 10.6 Å². The zero-order valence-corrected chi connectivity index (χ0v) is 18.9. The first kappa shape index (κ1) is 20.4. The number of carbonyl (C=O) groups excluding carboxylic acids is 1. The van der Waals surface area contributed by atoms with Crippen LogP contribution in [0.15, 0.2) is 47.4 Å². The summed E-state index contributed by atoms with van der Waals surface area (Å²) >= 11 is 1.59. The number of fused-ring (bicyclic) bond motifs is 4. The van der Waals surface area contributed by atoms with E-state index < -0.39 is 0 Å². The van der Waals surface area contributed by atoms with Gasteiger partial charge < -0.3 is 9.80 Å². The summed E-state index contributed by atoms with van der Waals surface area (Å²) in [7, 11) is 0. The molecule has 0 radical (unpaired) electrons. The van der Waals surface area contributed by atoms with E-state index in [2.05, 4.69) is 0 Å². The number of para-hydroxylation sites is 1. The number of aryl methyl sites for hydroxylation is 2. The van der Waals surface area contributed by atoms with Crippen LogP contribution in [0, 0.1) is 5.82 Å². The topological polar surface area (TPSA) is 57.9 Å². The number of halogens is 1. The maximum atomic E-state index is 14.2. The van der Waals surface area contributed by atoms with Crippen LogP contribution in [0.5, 0.6) is 0 Å². The van der Waals surface area contributed by atoms with Crippen molar-refractivity contribution in [3.63, 3.8) is 0 Å². The number of nitrogens with zero attached hydrogens (tertiary/aromatic N) is 4. The Morgan fingerprint density at radius 2 is 1.79 bits per heavy atom. The Morgan fingerprint density at radius 1 is 1.00 bits per heavy atom. The summed E-state index contributed by atoms with van der Waals surface area (Å²) < 4.78 is 15.7. The van der Waals surface area contributed by atoms with E-state index in [0.717, 1.165) is 41.5 Å². The van der Waals surface area contributed by atoms with Crippen LogP contribution in [0.4, 0.5) is 10.1 Å². The number of thiophene rings is 1. The van der Waals surface area contributed by atoms with Gasteiger partial charge in [-0.3, -0.25) is 14.0 Å². The molecule has 6 rings (SSSR count). The first-order chi connectivity index (χ1) is 16.1. The monoisotopic (exact) mass is 462 g/mol. The molecule has 0 saturated carbocycles. The van der Waals surface area contributed by atoms with E-state index in [4.69, 9.17) is 4.98 Å². The molecular formula is C25H23FN4O2S. The van der Waals surface area contributed by atoms with Gasteiger partial charge in [0.25, 0.3) is 11.5 Å². The number of piperazine rings is 1. The third-order valence-electron chi connectivity index (χ3n) is 6.75. The molecule has 1 aromatic carbocycles. The maximum Gasteiger partial charge on any atom is 0.266 e. The highest BCUT2D eigenvalue weighted by molar-refractivity contribution is 7.18. The number of hydrogen-bond acceptors (Lipinski definition) is 5. The standard InChI is InChI=1S/C25H23FN4O2S/c26-18-8-2-3-9-19(18)28-12-14-29(15-13-28)24(31)17-7-5-11-30-22(17)27-23-21(25(30)32)16-6-1-4-10-20(16)33-23/h2-3,5,7-9,11H,1,4,6,10,12-15H2. The van der Waals surface area contributed by atoms with Gasteiger partial charge in [0, 0.05) is 37.3 Å². The molecule has 0 spiro atoms. The van der Waals surface area contributed by atoms with Crippen molar-refractivity contribution in [3.05, 3.63) is 74.8 Å². The van der Waals surface area contributed by atoms with E-state index in [0.29, 0.717) is 43.1 Å². The number of rotatable bonds is 2. The second-order valence-corrected chi connectivity index (χ2v) is 9.74. The van der Waals surface area contributed by atoms with Gasteiger partial charge in [-0.05, 0) is 55.5 Å². The van der Waals surface area contributed by atoms with E-state index in [-0.39, 0.29) is 17.3 Å². The maximum absolute atomic E-state index is 14.2. The smallest absolute Gasteiger partial charge is 0.266 e. The molecule has 33 heavy (non-hydrogen) atoms. The molecule has 1 saturated heterocycles. The van der Waals surface area contributed by atoms with E-state index in [1.165, 1.54) is 15.3 Å². The molecule has 1 fully saturated rings. The normalized spacial score (nSPS) is 16.4. The van der Waals surface area contributed by atoms with Crippen LogP contribution < -0.4 is 10.5 Å². The predicted molar refractivity (Wildman–Crippen MR) is 128 cm³/mol. The second-order valence-electron chi connectivity index (χ2n) is 8.65. The molecule has 0 bridgehead atoms. The Kier molecular flexibility index (Phi) is 4.90. The second kappa shape index (κ2) is 7.95. The van der Waals surface area contributed by atoms with Crippen molar-refractivity contribution in [1.82, 2.24) is 14.3 Å². The lowest BCUT2D eigenvalue weighted by molar-refractivity contribution is 0.0748. The fourth-order valence-electron chi connectivity index (χ4n) is 5.04. The van der Waals surface area contributed by atoms with Crippen molar-refractivity contribution in [3.8, 4) is 0 Å². The van der Waals surface area contributed by atoms with Gasteiger partial charge in [0.15, 0.2) is 5.65 Å². The van der Waals surface area contributed by atoms with Gasteiger partial charge in [-0.1, -0.05) is 12.1 Å². The van der Waals surface area contributed by atoms with Gasteiger partial charge in [0.05, 0.1) is 16.6 Å². The minimum atomic E-state index is -0.252. The SMILES string of the molecule is O=C(c1cccn2c(=O)c3c4c(sc3nc12)CCCC4)N1CCN(c2ccccc2F)CC1. The Hall–Kier alpha value is -3.26. The molecule has 1 amide bonds. The fraction of sp³-hybridized carbons (Fsp3) is 0.320. The fourth-order valence-corrected chi connectivity index (χ4v) is 6.29. The lowest BCUT2D eigenvalue weighted by Gasteiger charge is -2.36. The predicted octanol–water partition coefficient (Wildman–Crippen LogP) is 3.89. The molecule has 2 aliphatic rings. The summed E-state index contributed by atoms with van der Waals surface area (Å²) in [4.78, 5) is 37.3. The van der Waals surface area contributed by atoms with Gasteiger partial charge in [-0.15, -0.1) is 11.3 Å². The number of pyridine rings is 1. The summed E-state index contributed by atoms with van der Waals surface area (Å²) in [5, 5.41) is 0.718. The van der Waals surface area contributed by atoms with Crippen LogP contribution in [-0.4, -0.2) is 46.4 Å². The largest absolute Gasteiger partial charge is 0.366 e. The van der Waals surface area contributed by atoms with Crippen molar-refractivity contribution in [2.75, 3.05) is 31.1 Å². The molecule has 0 atom stereocenters. The summed E-state index contributed by atoms with van der Waals surface area (Å²) in [5.41, 5.74) is 2.46. The molecule has 0 N–H and O–H groups in total. The van der Waals surface area contributed by atoms with Crippen molar-refractivity contribution in [2.24, 2.45) is 0 Å². The average Bonchev–Trinajstić information content (AvgIpc) is 3.22. The molecule has 1 aliphatic carbocycles. The van der Waals surface area contributed by atoms with Crippen LogP contribution in [0.25, 0.3) is 15.9 Å². The molecule has 1 aliphatic heterocycles. The van der Waals surface area contributed by atoms with Crippen molar-refractivity contribution in [1.29, 1.82) is 0 Å². The highest BCUT2D eigenvalue weighted by Gasteiger charge is 2.27. The van der Waals surface area contributed by atoms with E-state index >= 15 is 0 Å². The molecule has 3 aromatic heterocycles. The van der Waals surface area contributed by atoms with Crippen molar-refractivity contribution >= 4 is 38.8 Å².